The summed E-state index contributed by atoms with van der Waals surface area (Å²) in [4.78, 5) is 30.2. The number of aryl methyl sites for hydroxylation is 2. The van der Waals surface area contributed by atoms with Crippen molar-refractivity contribution in [3.63, 3.8) is 0 Å². The fraction of sp³-hybridized carbons (Fsp3) is 0.346. The summed E-state index contributed by atoms with van der Waals surface area (Å²) < 4.78 is 10.5. The predicted molar refractivity (Wildman–Crippen MR) is 135 cm³/mol. The Labute approximate surface area is 205 Å². The first-order chi connectivity index (χ1) is 16.3. The lowest BCUT2D eigenvalue weighted by Crippen LogP contribution is -2.51. The maximum Gasteiger partial charge on any atom is 0.338 e. The van der Waals surface area contributed by atoms with Crippen molar-refractivity contribution < 1.29 is 19.1 Å². The van der Waals surface area contributed by atoms with Gasteiger partial charge in [0, 0.05) is 18.8 Å². The molecule has 2 aromatic rings. The lowest BCUT2D eigenvalue weighted by atomic mass is 9.90. The van der Waals surface area contributed by atoms with E-state index in [1.54, 1.807) is 17.0 Å². The summed E-state index contributed by atoms with van der Waals surface area (Å²) in [5.74, 6) is -0.563. The van der Waals surface area contributed by atoms with Gasteiger partial charge in [0.2, 0.25) is 0 Å². The van der Waals surface area contributed by atoms with Gasteiger partial charge >= 0.3 is 5.97 Å². The molecule has 178 valence electrons. The maximum atomic E-state index is 13.9. The number of esters is 1. The van der Waals surface area contributed by atoms with E-state index in [2.05, 4.69) is 11.4 Å². The van der Waals surface area contributed by atoms with Crippen LogP contribution < -0.4 is 10.2 Å². The lowest BCUT2D eigenvalue weighted by Gasteiger charge is -2.40. The van der Waals surface area contributed by atoms with Gasteiger partial charge in [0.15, 0.2) is 5.11 Å². The number of rotatable bonds is 4. The number of amides is 1. The van der Waals surface area contributed by atoms with Gasteiger partial charge in [-0.1, -0.05) is 30.3 Å². The lowest BCUT2D eigenvalue weighted by molar-refractivity contribution is -0.131. The topological polar surface area (TPSA) is 71.1 Å². The summed E-state index contributed by atoms with van der Waals surface area (Å²) in [5.41, 5.74) is 5.38. The van der Waals surface area contributed by atoms with E-state index < -0.39 is 12.0 Å². The Morgan fingerprint density at radius 3 is 2.50 bits per heavy atom. The SMILES string of the molecule is COC(=O)c1ccccc1C1NC(=S)N(c2cc(C)ccc2C)C(C)=C1C(=O)N1CCOCC1. The third kappa shape index (κ3) is 4.43. The van der Waals surface area contributed by atoms with Crippen molar-refractivity contribution in [3.8, 4) is 0 Å². The van der Waals surface area contributed by atoms with E-state index in [0.717, 1.165) is 22.5 Å². The minimum absolute atomic E-state index is 0.101. The van der Waals surface area contributed by atoms with Crippen LogP contribution in [-0.4, -0.2) is 55.3 Å². The minimum Gasteiger partial charge on any atom is -0.465 e. The number of morpholine rings is 1. The fourth-order valence-electron chi connectivity index (χ4n) is 4.49. The quantitative estimate of drug-likeness (QED) is 0.530. The van der Waals surface area contributed by atoms with E-state index in [-0.39, 0.29) is 5.91 Å². The van der Waals surface area contributed by atoms with Crippen molar-refractivity contribution in [1.29, 1.82) is 0 Å². The monoisotopic (exact) mass is 479 g/mol. The first-order valence-corrected chi connectivity index (χ1v) is 11.7. The molecule has 1 amide bonds. The average Bonchev–Trinajstić information content (AvgIpc) is 2.85. The van der Waals surface area contributed by atoms with Gasteiger partial charge in [-0.2, -0.15) is 0 Å². The molecule has 0 aromatic heterocycles. The van der Waals surface area contributed by atoms with Crippen molar-refractivity contribution in [1.82, 2.24) is 10.2 Å². The predicted octanol–water partition coefficient (Wildman–Crippen LogP) is 3.66. The van der Waals surface area contributed by atoms with Crippen LogP contribution in [0.2, 0.25) is 0 Å². The minimum atomic E-state index is -0.598. The van der Waals surface area contributed by atoms with Gasteiger partial charge in [0.1, 0.15) is 0 Å². The number of carbonyl (C=O) groups is 2. The fourth-order valence-corrected chi connectivity index (χ4v) is 4.84. The molecular weight excluding hydrogens is 450 g/mol. The number of hydrogen-bond donors (Lipinski definition) is 1. The van der Waals surface area contributed by atoms with E-state index in [4.69, 9.17) is 21.7 Å². The van der Waals surface area contributed by atoms with Crippen molar-refractivity contribution in [3.05, 3.63) is 76.0 Å². The van der Waals surface area contributed by atoms with Gasteiger partial charge in [0.05, 0.1) is 43.2 Å². The number of ether oxygens (including phenoxy) is 2. The van der Waals surface area contributed by atoms with Gasteiger partial charge in [-0.15, -0.1) is 0 Å². The van der Waals surface area contributed by atoms with Crippen LogP contribution in [0.25, 0.3) is 0 Å². The number of nitrogens with zero attached hydrogens (tertiary/aromatic N) is 2. The van der Waals surface area contributed by atoms with E-state index in [1.807, 2.05) is 49.9 Å². The van der Waals surface area contributed by atoms with Gasteiger partial charge in [0.25, 0.3) is 5.91 Å². The highest BCUT2D eigenvalue weighted by atomic mass is 32.1. The molecule has 7 nitrogen and oxygen atoms in total. The van der Waals surface area contributed by atoms with Crippen molar-refractivity contribution >= 4 is 34.9 Å². The second-order valence-corrected chi connectivity index (χ2v) is 8.88. The molecule has 1 unspecified atom stereocenters. The van der Waals surface area contributed by atoms with Crippen LogP contribution in [0.1, 0.15) is 40.0 Å². The second kappa shape index (κ2) is 9.95. The number of carbonyl (C=O) groups excluding carboxylic acids is 2. The van der Waals surface area contributed by atoms with E-state index in [9.17, 15) is 9.59 Å². The zero-order chi connectivity index (χ0) is 24.4. The molecule has 1 atom stereocenters. The molecule has 2 aliphatic rings. The number of benzene rings is 2. The first-order valence-electron chi connectivity index (χ1n) is 11.3. The Morgan fingerprint density at radius 1 is 1.09 bits per heavy atom. The smallest absolute Gasteiger partial charge is 0.338 e. The molecule has 2 aromatic carbocycles. The van der Waals surface area contributed by atoms with Gasteiger partial charge in [-0.05, 0) is 61.8 Å². The summed E-state index contributed by atoms with van der Waals surface area (Å²) in [6, 6.07) is 12.7. The molecule has 0 radical (unpaired) electrons. The van der Waals surface area contributed by atoms with E-state index in [1.165, 1.54) is 7.11 Å². The third-order valence-corrected chi connectivity index (χ3v) is 6.60. The summed E-state index contributed by atoms with van der Waals surface area (Å²) in [6.45, 7) is 7.96. The molecule has 1 N–H and O–H groups in total. The first kappa shape index (κ1) is 23.9. The molecule has 0 bridgehead atoms. The van der Waals surface area contributed by atoms with Gasteiger partial charge < -0.3 is 19.7 Å². The molecule has 8 heteroatoms. The number of nitrogens with one attached hydrogen (secondary N) is 1. The zero-order valence-electron chi connectivity index (χ0n) is 19.9. The summed E-state index contributed by atoms with van der Waals surface area (Å²) in [6.07, 6.45) is 0. The Balaban J connectivity index is 1.90. The number of allylic oxidation sites excluding steroid dienone is 1. The van der Waals surface area contributed by atoms with Crippen LogP contribution in [0.4, 0.5) is 5.69 Å². The Bertz CT molecular complexity index is 1170. The number of hydrogen-bond acceptors (Lipinski definition) is 5. The highest BCUT2D eigenvalue weighted by Crippen LogP contribution is 2.37. The molecule has 0 aliphatic carbocycles. The normalized spacial score (nSPS) is 18.6. The van der Waals surface area contributed by atoms with Gasteiger partial charge in [-0.25, -0.2) is 4.79 Å². The largest absolute Gasteiger partial charge is 0.465 e. The summed E-state index contributed by atoms with van der Waals surface area (Å²) >= 11 is 5.82. The van der Waals surface area contributed by atoms with Crippen molar-refractivity contribution in [2.45, 2.75) is 26.8 Å². The van der Waals surface area contributed by atoms with Gasteiger partial charge in [-0.3, -0.25) is 9.69 Å². The average molecular weight is 480 g/mol. The molecule has 4 rings (SSSR count). The highest BCUT2D eigenvalue weighted by Gasteiger charge is 2.38. The molecule has 1 fully saturated rings. The van der Waals surface area contributed by atoms with Crippen LogP contribution in [0.15, 0.2) is 53.7 Å². The maximum absolute atomic E-state index is 13.9. The van der Waals surface area contributed by atoms with E-state index in [0.29, 0.717) is 48.1 Å². The molecular formula is C26H29N3O4S. The van der Waals surface area contributed by atoms with Crippen molar-refractivity contribution in [2.75, 3.05) is 38.3 Å². The van der Waals surface area contributed by atoms with Crippen LogP contribution in [0.3, 0.4) is 0 Å². The molecule has 2 heterocycles. The summed E-state index contributed by atoms with van der Waals surface area (Å²) in [5, 5.41) is 3.83. The van der Waals surface area contributed by atoms with Crippen LogP contribution in [0.5, 0.6) is 0 Å². The third-order valence-electron chi connectivity index (χ3n) is 6.30. The molecule has 0 saturated carbocycles. The Morgan fingerprint density at radius 2 is 1.79 bits per heavy atom. The zero-order valence-corrected chi connectivity index (χ0v) is 20.7. The second-order valence-electron chi connectivity index (χ2n) is 8.49. The molecule has 1 saturated heterocycles. The van der Waals surface area contributed by atoms with Crippen LogP contribution >= 0.6 is 12.2 Å². The highest BCUT2D eigenvalue weighted by molar-refractivity contribution is 7.80. The number of methoxy groups -OCH3 is 1. The Kier molecular flexibility index (Phi) is 7.00. The summed E-state index contributed by atoms with van der Waals surface area (Å²) in [7, 11) is 1.35. The standard InChI is InChI=1S/C26H29N3O4S/c1-16-9-10-17(2)21(15-16)29-18(3)22(24(30)28-11-13-33-14-12-28)23(27-26(29)34)19-7-5-6-8-20(19)25(31)32-4/h5-10,15,23H,11-14H2,1-4H3,(H,27,34). The molecule has 0 spiro atoms. The van der Waals surface area contributed by atoms with Crippen molar-refractivity contribution in [2.24, 2.45) is 0 Å². The van der Waals surface area contributed by atoms with E-state index >= 15 is 0 Å². The number of thiocarbonyl (C=S) groups is 1. The molecule has 34 heavy (non-hydrogen) atoms. The Hall–Kier alpha value is -3.23. The number of anilines is 1. The van der Waals surface area contributed by atoms with Crippen LogP contribution in [0, 0.1) is 13.8 Å². The van der Waals surface area contributed by atoms with Crippen LogP contribution in [-0.2, 0) is 14.3 Å². The molecule has 2 aliphatic heterocycles.